The number of rotatable bonds is 11. The zero-order chi connectivity index (χ0) is 34.0. The maximum atomic E-state index is 15.6. The molecule has 0 saturated carbocycles. The third-order valence-electron chi connectivity index (χ3n) is 8.98. The number of hydrogen-bond acceptors (Lipinski definition) is 5. The predicted molar refractivity (Wildman–Crippen MR) is 181 cm³/mol. The molecule has 4 aromatic rings. The molecule has 1 amide bonds. The fraction of sp³-hybridized carbons (Fsp3) is 0.447. The first-order valence-corrected chi connectivity index (χ1v) is 16.7. The van der Waals surface area contributed by atoms with Crippen molar-refractivity contribution in [3.05, 3.63) is 107 Å². The lowest BCUT2D eigenvalue weighted by Crippen LogP contribution is -2.33. The molecule has 1 saturated heterocycles. The van der Waals surface area contributed by atoms with E-state index in [2.05, 4.69) is 48.8 Å². The quantitative estimate of drug-likeness (QED) is 0.164. The predicted octanol–water partition coefficient (Wildman–Crippen LogP) is 8.60. The first-order chi connectivity index (χ1) is 22.6. The summed E-state index contributed by atoms with van der Waals surface area (Å²) in [4.78, 5) is 23.5. The van der Waals surface area contributed by atoms with Gasteiger partial charge in [0.25, 0.3) is 11.9 Å². The number of aromatic nitrogens is 4. The Morgan fingerprint density at radius 3 is 2.23 bits per heavy atom. The second-order valence-electron chi connectivity index (χ2n) is 12.8. The molecule has 248 valence electrons. The van der Waals surface area contributed by atoms with Gasteiger partial charge in [-0.05, 0) is 55.4 Å². The van der Waals surface area contributed by atoms with E-state index in [1.165, 1.54) is 18.2 Å². The van der Waals surface area contributed by atoms with Gasteiger partial charge in [-0.1, -0.05) is 89.4 Å². The minimum atomic E-state index is -1.54. The van der Waals surface area contributed by atoms with Gasteiger partial charge >= 0.3 is 0 Å². The van der Waals surface area contributed by atoms with E-state index in [1.54, 1.807) is 16.5 Å². The summed E-state index contributed by atoms with van der Waals surface area (Å²) in [6.45, 7) is 10.5. The number of halogens is 2. The van der Waals surface area contributed by atoms with E-state index in [4.69, 9.17) is 5.26 Å². The molecule has 2 aromatic carbocycles. The third kappa shape index (κ3) is 8.88. The highest BCUT2D eigenvalue weighted by Gasteiger charge is 2.46. The molecule has 7 nitrogen and oxygen atoms in total. The first-order valence-electron chi connectivity index (χ1n) is 16.7. The number of nitriles is 1. The lowest BCUT2D eigenvalue weighted by atomic mass is 9.88. The van der Waals surface area contributed by atoms with Gasteiger partial charge in [0.05, 0.1) is 48.0 Å². The molecule has 9 heteroatoms. The lowest BCUT2D eigenvalue weighted by Gasteiger charge is -2.21. The van der Waals surface area contributed by atoms with E-state index >= 15 is 4.39 Å². The minimum absolute atomic E-state index is 0.00921. The van der Waals surface area contributed by atoms with Crippen LogP contribution in [0.25, 0.3) is 5.95 Å². The number of alkyl halides is 1. The van der Waals surface area contributed by atoms with Crippen molar-refractivity contribution < 1.29 is 13.6 Å². The second kappa shape index (κ2) is 16.4. The number of amides is 1. The summed E-state index contributed by atoms with van der Waals surface area (Å²) in [7, 11) is 0. The Morgan fingerprint density at radius 1 is 1.02 bits per heavy atom. The number of nitrogens with zero attached hydrogens (tertiary/aromatic N) is 6. The summed E-state index contributed by atoms with van der Waals surface area (Å²) in [6, 6.07) is 19.5. The topological polar surface area (TPSA) is 87.7 Å². The molecule has 3 unspecified atom stereocenters. The molecular formula is C38H46F2N6O. The number of hydrogen-bond donors (Lipinski definition) is 0. The molecule has 0 radical (unpaired) electrons. The van der Waals surface area contributed by atoms with Crippen molar-refractivity contribution >= 4 is 5.91 Å². The van der Waals surface area contributed by atoms with Crippen molar-refractivity contribution in [2.45, 2.75) is 90.6 Å². The van der Waals surface area contributed by atoms with Gasteiger partial charge < -0.3 is 4.90 Å². The van der Waals surface area contributed by atoms with Crippen LogP contribution < -0.4 is 0 Å². The summed E-state index contributed by atoms with van der Waals surface area (Å²) >= 11 is 0. The third-order valence-corrected chi connectivity index (χ3v) is 8.98. The monoisotopic (exact) mass is 640 g/mol. The smallest absolute Gasteiger partial charge is 0.257 e. The molecule has 3 heterocycles. The molecule has 1 fully saturated rings. The summed E-state index contributed by atoms with van der Waals surface area (Å²) in [5.41, 5.74) is 2.56. The molecule has 1 aliphatic rings. The molecule has 0 spiro atoms. The summed E-state index contributed by atoms with van der Waals surface area (Å²) in [6.07, 6.45) is 9.58. The zero-order valence-corrected chi connectivity index (χ0v) is 28.2. The van der Waals surface area contributed by atoms with Crippen LogP contribution in [0.5, 0.6) is 0 Å². The highest BCUT2D eigenvalue weighted by atomic mass is 19.1. The average molecular weight is 641 g/mol. The summed E-state index contributed by atoms with van der Waals surface area (Å²) in [5, 5.41) is 13.0. The molecule has 0 bridgehead atoms. The van der Waals surface area contributed by atoms with E-state index in [9.17, 15) is 9.18 Å². The molecule has 3 atom stereocenters. The molecule has 47 heavy (non-hydrogen) atoms. The molecular weight excluding hydrogens is 594 g/mol. The largest absolute Gasteiger partial charge is 0.335 e. The van der Waals surface area contributed by atoms with Gasteiger partial charge in [-0.15, -0.1) is 0 Å². The van der Waals surface area contributed by atoms with Gasteiger partial charge in [-0.25, -0.2) is 23.4 Å². The van der Waals surface area contributed by atoms with Crippen LogP contribution in [-0.2, 0) is 6.42 Å². The fourth-order valence-corrected chi connectivity index (χ4v) is 6.29. The van der Waals surface area contributed by atoms with Gasteiger partial charge in [0.1, 0.15) is 5.67 Å². The standard InChI is InChI=1S/C26H31F2N5O.C12H15N/c1-4-9-19(10-5-2)23-21(15-31-33(23)25-29-13-20(27)14-30-25)24(34)32-16-22(26(3,28)17-32)18-11-7-6-8-12-18;1-3-10(2)8-11-4-6-12(9-13)7-5-11/h6-8,11-15,19,22H,4-5,9-10,16-17H2,1-3H3;4-7,10H,3,8H2,1-2H3. The van der Waals surface area contributed by atoms with Crippen LogP contribution in [-0.4, -0.2) is 49.3 Å². The Hall–Kier alpha value is -4.45. The number of benzene rings is 2. The Kier molecular flexibility index (Phi) is 12.4. The van der Waals surface area contributed by atoms with Crippen molar-refractivity contribution in [2.24, 2.45) is 5.92 Å². The molecule has 0 aliphatic carbocycles. The van der Waals surface area contributed by atoms with Crippen LogP contribution in [0.1, 0.15) is 111 Å². The lowest BCUT2D eigenvalue weighted by molar-refractivity contribution is 0.0758. The molecule has 2 aromatic heterocycles. The van der Waals surface area contributed by atoms with Gasteiger partial charge in [-0.2, -0.15) is 10.4 Å². The zero-order valence-electron chi connectivity index (χ0n) is 28.2. The maximum Gasteiger partial charge on any atom is 0.257 e. The Labute approximate surface area is 277 Å². The van der Waals surface area contributed by atoms with Crippen molar-refractivity contribution in [2.75, 3.05) is 13.1 Å². The molecule has 1 aliphatic heterocycles. The van der Waals surface area contributed by atoms with E-state index < -0.39 is 17.4 Å². The molecule has 5 rings (SSSR count). The van der Waals surface area contributed by atoms with Gasteiger partial charge in [0.2, 0.25) is 0 Å². The Morgan fingerprint density at radius 2 is 1.66 bits per heavy atom. The van der Waals surface area contributed by atoms with Gasteiger partial charge in [-0.3, -0.25) is 4.79 Å². The van der Waals surface area contributed by atoms with Gasteiger partial charge in [0.15, 0.2) is 5.82 Å². The number of carbonyl (C=O) groups is 1. The maximum absolute atomic E-state index is 15.6. The van der Waals surface area contributed by atoms with Crippen molar-refractivity contribution in [1.82, 2.24) is 24.6 Å². The summed E-state index contributed by atoms with van der Waals surface area (Å²) < 4.78 is 30.6. The molecule has 0 N–H and O–H groups in total. The normalized spacial score (nSPS) is 18.0. The Balaban J connectivity index is 0.000000323. The highest BCUT2D eigenvalue weighted by Crippen LogP contribution is 2.40. The van der Waals surface area contributed by atoms with Crippen molar-refractivity contribution in [1.29, 1.82) is 5.26 Å². The van der Waals surface area contributed by atoms with E-state index in [1.807, 2.05) is 54.6 Å². The number of likely N-dealkylation sites (tertiary alicyclic amines) is 1. The van der Waals surface area contributed by atoms with Crippen LogP contribution in [0.15, 0.2) is 73.2 Å². The van der Waals surface area contributed by atoms with Crippen LogP contribution >= 0.6 is 0 Å². The first kappa shape index (κ1) is 35.4. The van der Waals surface area contributed by atoms with Crippen LogP contribution in [0.4, 0.5) is 8.78 Å². The van der Waals surface area contributed by atoms with E-state index in [0.717, 1.165) is 61.5 Å². The highest BCUT2D eigenvalue weighted by molar-refractivity contribution is 5.96. The average Bonchev–Trinajstić information content (AvgIpc) is 3.66. The van der Waals surface area contributed by atoms with Crippen molar-refractivity contribution in [3.8, 4) is 12.0 Å². The van der Waals surface area contributed by atoms with E-state index in [-0.39, 0.29) is 24.3 Å². The van der Waals surface area contributed by atoms with Crippen molar-refractivity contribution in [3.63, 3.8) is 0 Å². The van der Waals surface area contributed by atoms with Crippen LogP contribution in [0.2, 0.25) is 0 Å². The number of carbonyl (C=O) groups excluding carboxylic acids is 1. The minimum Gasteiger partial charge on any atom is -0.335 e. The van der Waals surface area contributed by atoms with Gasteiger partial charge in [0, 0.05) is 18.4 Å². The van der Waals surface area contributed by atoms with Crippen LogP contribution in [0, 0.1) is 23.1 Å². The Bertz CT molecular complexity index is 1610. The SMILES string of the molecule is CCC(C)Cc1ccc(C#N)cc1.CCCC(CCC)c1c(C(=O)N2CC(c3ccccc3)C(C)(F)C2)cnn1-c1ncc(F)cn1. The fourth-order valence-electron chi connectivity index (χ4n) is 6.29. The second-order valence-corrected chi connectivity index (χ2v) is 12.8. The summed E-state index contributed by atoms with van der Waals surface area (Å²) in [5.74, 6) is -0.200. The van der Waals surface area contributed by atoms with E-state index in [0.29, 0.717) is 17.8 Å². The van der Waals surface area contributed by atoms with Crippen LogP contribution in [0.3, 0.4) is 0 Å².